The molecule has 1 aliphatic carbocycles. The second-order valence-corrected chi connectivity index (χ2v) is 13.8. The van der Waals surface area contributed by atoms with Crippen molar-refractivity contribution < 1.29 is 38.8 Å². The Kier molecular flexibility index (Phi) is 12.0. The lowest BCUT2D eigenvalue weighted by Gasteiger charge is -2.32. The van der Waals surface area contributed by atoms with Crippen LogP contribution in [0.2, 0.25) is 0 Å². The van der Waals surface area contributed by atoms with Crippen LogP contribution in [-0.2, 0) is 19.1 Å². The van der Waals surface area contributed by atoms with Crippen LogP contribution in [0.4, 0.5) is 0 Å². The molecule has 5 rings (SSSR count). The third kappa shape index (κ3) is 8.20. The maximum absolute atomic E-state index is 13.8. The molecule has 4 atom stereocenters. The van der Waals surface area contributed by atoms with Crippen molar-refractivity contribution in [2.24, 2.45) is 17.8 Å². The van der Waals surface area contributed by atoms with Crippen LogP contribution in [0.5, 0.6) is 17.2 Å². The molecule has 2 aromatic rings. The van der Waals surface area contributed by atoms with Gasteiger partial charge in [0.25, 0.3) is 0 Å². The fourth-order valence-electron chi connectivity index (χ4n) is 7.28. The van der Waals surface area contributed by atoms with E-state index in [4.69, 9.17) is 19.3 Å². The highest BCUT2D eigenvalue weighted by Crippen LogP contribution is 2.50. The van der Waals surface area contributed by atoms with Gasteiger partial charge in [-0.05, 0) is 102 Å². The normalized spacial score (nSPS) is 22.4. The SMILES string of the molecule is CCC/C(=C\c1cc(I)c(O)c(OC)c1)CC[C@H]1OC[C@H]2C1=C(COc1ccccc1)C[C@H]1C(=O)N(CCCCCC(=O)O)C(=O)[C@H]12. The maximum Gasteiger partial charge on any atom is 0.303 e. The molecule has 2 saturated heterocycles. The number of carbonyl (C=O) groups excluding carboxylic acids is 2. The first-order valence-electron chi connectivity index (χ1n) is 16.6. The number of phenolic OH excluding ortho intramolecular Hbond substituents is 1. The van der Waals surface area contributed by atoms with Gasteiger partial charge in [0, 0.05) is 18.9 Å². The minimum absolute atomic E-state index is 0.0869. The van der Waals surface area contributed by atoms with Crippen LogP contribution in [0.25, 0.3) is 6.08 Å². The Morgan fingerprint density at radius 2 is 1.85 bits per heavy atom. The molecule has 0 saturated carbocycles. The van der Waals surface area contributed by atoms with Crippen molar-refractivity contribution in [2.45, 2.75) is 70.8 Å². The molecule has 2 fully saturated rings. The number of nitrogens with zero attached hydrogens (tertiary/aromatic N) is 1. The largest absolute Gasteiger partial charge is 0.504 e. The van der Waals surface area contributed by atoms with Crippen molar-refractivity contribution in [2.75, 3.05) is 26.9 Å². The zero-order chi connectivity index (χ0) is 33.5. The molecular weight excluding hydrogens is 713 g/mol. The number of ether oxygens (including phenoxy) is 3. The van der Waals surface area contributed by atoms with Crippen molar-refractivity contribution in [3.8, 4) is 17.2 Å². The van der Waals surface area contributed by atoms with Crippen LogP contribution < -0.4 is 9.47 Å². The highest BCUT2D eigenvalue weighted by Gasteiger charge is 2.56. The number of unbranched alkanes of at least 4 members (excludes halogenated alkanes) is 2. The Balaban J connectivity index is 1.36. The summed E-state index contributed by atoms with van der Waals surface area (Å²) in [6.07, 6.45) is 7.74. The van der Waals surface area contributed by atoms with Gasteiger partial charge in [-0.1, -0.05) is 49.6 Å². The Bertz CT molecular complexity index is 1520. The monoisotopic (exact) mass is 757 g/mol. The van der Waals surface area contributed by atoms with E-state index >= 15 is 0 Å². The average molecular weight is 758 g/mol. The van der Waals surface area contributed by atoms with Gasteiger partial charge in [0.15, 0.2) is 11.5 Å². The molecule has 2 N–H and O–H groups in total. The molecule has 2 aromatic carbocycles. The van der Waals surface area contributed by atoms with Crippen LogP contribution in [-0.4, -0.2) is 65.9 Å². The average Bonchev–Trinajstić information content (AvgIpc) is 3.58. The number of benzene rings is 2. The fourth-order valence-corrected chi connectivity index (χ4v) is 7.90. The van der Waals surface area contributed by atoms with Gasteiger partial charge in [0.1, 0.15) is 12.4 Å². The van der Waals surface area contributed by atoms with Crippen LogP contribution >= 0.6 is 22.6 Å². The number of carboxylic acids is 1. The van der Waals surface area contributed by atoms with E-state index in [0.717, 1.165) is 51.7 Å². The second kappa shape index (κ2) is 16.1. The van der Waals surface area contributed by atoms with E-state index in [-0.39, 0.29) is 36.0 Å². The van der Waals surface area contributed by atoms with Crippen molar-refractivity contribution in [1.29, 1.82) is 0 Å². The van der Waals surface area contributed by atoms with E-state index in [1.54, 1.807) is 7.11 Å². The summed E-state index contributed by atoms with van der Waals surface area (Å²) in [5.41, 5.74) is 4.39. The van der Waals surface area contributed by atoms with E-state index in [1.165, 1.54) is 10.5 Å². The standard InChI is InChI=1S/C37H44INO8/c1-3-10-23(17-24-18-29(38)35(42)31(19-24)45-2)14-15-30-33-25(21-46-26-11-6-4-7-12-26)20-27-34(28(33)22-47-30)37(44)39(36(27)43)16-9-5-8-13-32(40)41/h4,6-7,11-12,17-19,27-28,30,34,42H,3,5,8-10,13-16,20-22H2,1-2H3,(H,40,41)/b23-17+/t27-,28+,30-,34-/m1/s1. The molecule has 47 heavy (non-hydrogen) atoms. The first kappa shape index (κ1) is 34.9. The molecule has 9 nitrogen and oxygen atoms in total. The Morgan fingerprint density at radius 1 is 1.06 bits per heavy atom. The number of halogens is 1. The zero-order valence-electron chi connectivity index (χ0n) is 27.1. The van der Waals surface area contributed by atoms with Gasteiger partial charge in [-0.25, -0.2) is 0 Å². The molecule has 0 bridgehead atoms. The van der Waals surface area contributed by atoms with Crippen LogP contribution in [0.1, 0.15) is 70.3 Å². The quantitative estimate of drug-likeness (QED) is 0.0813. The molecule has 252 valence electrons. The molecule has 2 aliphatic heterocycles. The molecule has 2 heterocycles. The van der Waals surface area contributed by atoms with Gasteiger partial charge in [0.2, 0.25) is 11.8 Å². The number of fused-ring (bicyclic) bond motifs is 3. The first-order valence-corrected chi connectivity index (χ1v) is 17.6. The number of carboxylic acid groups (broad SMARTS) is 1. The number of methoxy groups -OCH3 is 1. The topological polar surface area (TPSA) is 123 Å². The minimum Gasteiger partial charge on any atom is -0.504 e. The molecule has 0 aromatic heterocycles. The van der Waals surface area contributed by atoms with Crippen molar-refractivity contribution in [1.82, 2.24) is 4.90 Å². The lowest BCUT2D eigenvalue weighted by molar-refractivity contribution is -0.141. The number of aromatic hydroxyl groups is 1. The third-order valence-corrected chi connectivity index (χ3v) is 10.3. The van der Waals surface area contributed by atoms with Gasteiger partial charge in [-0.3, -0.25) is 19.3 Å². The summed E-state index contributed by atoms with van der Waals surface area (Å²) in [5, 5.41) is 19.2. The van der Waals surface area contributed by atoms with Crippen molar-refractivity contribution in [3.63, 3.8) is 0 Å². The number of para-hydroxylation sites is 1. The van der Waals surface area contributed by atoms with Crippen LogP contribution in [0.3, 0.4) is 0 Å². The van der Waals surface area contributed by atoms with Gasteiger partial charge in [0.05, 0.1) is 35.2 Å². The minimum atomic E-state index is -0.836. The molecule has 0 unspecified atom stereocenters. The summed E-state index contributed by atoms with van der Waals surface area (Å²) in [7, 11) is 1.55. The Morgan fingerprint density at radius 3 is 2.57 bits per heavy atom. The summed E-state index contributed by atoms with van der Waals surface area (Å²) in [6.45, 7) is 3.19. The molecule has 0 radical (unpaired) electrons. The number of hydrogen-bond acceptors (Lipinski definition) is 7. The lowest BCUT2D eigenvalue weighted by Crippen LogP contribution is -2.35. The predicted octanol–water partition coefficient (Wildman–Crippen LogP) is 7.01. The number of phenols is 1. The van der Waals surface area contributed by atoms with E-state index < -0.39 is 17.8 Å². The highest BCUT2D eigenvalue weighted by molar-refractivity contribution is 14.1. The van der Waals surface area contributed by atoms with E-state index in [2.05, 4.69) is 35.6 Å². The second-order valence-electron chi connectivity index (χ2n) is 12.6. The van der Waals surface area contributed by atoms with Crippen molar-refractivity contribution in [3.05, 3.63) is 68.3 Å². The number of carbonyl (C=O) groups is 3. The summed E-state index contributed by atoms with van der Waals surface area (Å²) in [4.78, 5) is 39.7. The molecule has 10 heteroatoms. The molecular formula is C37H44INO8. The Labute approximate surface area is 290 Å². The highest BCUT2D eigenvalue weighted by atomic mass is 127. The van der Waals surface area contributed by atoms with Crippen LogP contribution in [0, 0.1) is 21.3 Å². The molecule has 2 amide bonds. The number of likely N-dealkylation sites (tertiary alicyclic amines) is 1. The van der Waals surface area contributed by atoms with E-state index in [1.807, 2.05) is 42.5 Å². The summed E-state index contributed by atoms with van der Waals surface area (Å²) >= 11 is 2.11. The Hall–Kier alpha value is -3.38. The van der Waals surface area contributed by atoms with E-state index in [0.29, 0.717) is 51.2 Å². The number of rotatable bonds is 16. The number of amides is 2. The third-order valence-electron chi connectivity index (χ3n) is 9.47. The zero-order valence-corrected chi connectivity index (χ0v) is 29.2. The van der Waals surface area contributed by atoms with Gasteiger partial charge in [-0.15, -0.1) is 0 Å². The smallest absolute Gasteiger partial charge is 0.303 e. The van der Waals surface area contributed by atoms with Crippen molar-refractivity contribution >= 4 is 46.5 Å². The number of allylic oxidation sites excluding steroid dienone is 1. The van der Waals surface area contributed by atoms with Gasteiger partial charge >= 0.3 is 5.97 Å². The maximum atomic E-state index is 13.8. The number of hydrogen-bond donors (Lipinski definition) is 2. The molecule has 0 spiro atoms. The lowest BCUT2D eigenvalue weighted by atomic mass is 9.69. The predicted molar refractivity (Wildman–Crippen MR) is 186 cm³/mol. The summed E-state index contributed by atoms with van der Waals surface area (Å²) in [6, 6.07) is 13.4. The van der Waals surface area contributed by atoms with Crippen LogP contribution in [0.15, 0.2) is 59.2 Å². The summed E-state index contributed by atoms with van der Waals surface area (Å²) < 4.78 is 18.8. The summed E-state index contributed by atoms with van der Waals surface area (Å²) in [5.74, 6) is -0.833. The first-order chi connectivity index (χ1) is 22.7. The molecule has 3 aliphatic rings. The van der Waals surface area contributed by atoms with Gasteiger partial charge in [-0.2, -0.15) is 0 Å². The number of aliphatic carboxylic acids is 1. The fraction of sp³-hybridized carbons (Fsp3) is 0.486. The van der Waals surface area contributed by atoms with E-state index in [9.17, 15) is 19.5 Å². The number of imide groups is 1. The van der Waals surface area contributed by atoms with Gasteiger partial charge < -0.3 is 24.4 Å².